The number of nitrogens with zero attached hydrogens (tertiary/aromatic N) is 3. The van der Waals surface area contributed by atoms with Gasteiger partial charge in [0, 0.05) is 24.4 Å². The van der Waals surface area contributed by atoms with Crippen LogP contribution >= 0.6 is 11.3 Å². The first-order valence-corrected chi connectivity index (χ1v) is 10.8. The number of piperidine rings is 1. The van der Waals surface area contributed by atoms with Crippen molar-refractivity contribution in [1.82, 2.24) is 14.8 Å². The van der Waals surface area contributed by atoms with Crippen molar-refractivity contribution in [1.29, 1.82) is 0 Å². The summed E-state index contributed by atoms with van der Waals surface area (Å²) in [5.74, 6) is 3.31. The summed E-state index contributed by atoms with van der Waals surface area (Å²) in [6.07, 6.45) is 6.36. The number of likely N-dealkylation sites (tertiary alicyclic amines) is 2. The van der Waals surface area contributed by atoms with Gasteiger partial charge in [0.1, 0.15) is 17.5 Å². The molecule has 4 rings (SSSR count). The van der Waals surface area contributed by atoms with Gasteiger partial charge in [0.05, 0.1) is 18.1 Å². The van der Waals surface area contributed by atoms with Crippen molar-refractivity contribution >= 4 is 23.3 Å². The number of hydrogen-bond acceptors (Lipinski definition) is 6. The summed E-state index contributed by atoms with van der Waals surface area (Å²) in [7, 11) is 0. The Morgan fingerprint density at radius 3 is 2.60 bits per heavy atom. The van der Waals surface area contributed by atoms with E-state index < -0.39 is 0 Å². The lowest BCUT2D eigenvalue weighted by atomic mass is 9.98. The van der Waals surface area contributed by atoms with E-state index >= 15 is 0 Å². The summed E-state index contributed by atoms with van der Waals surface area (Å²) in [5, 5.41) is 2.78. The highest BCUT2D eigenvalue weighted by molar-refractivity contribution is 7.09. The molecule has 2 fully saturated rings. The molecule has 1 aromatic heterocycles. The molecule has 0 bridgehead atoms. The third-order valence-electron chi connectivity index (χ3n) is 5.30. The molecule has 1 aromatic carbocycles. The summed E-state index contributed by atoms with van der Waals surface area (Å²) in [6, 6.07) is 9.63. The standard InChI is InChI=1S/C22H23N3O4S/c1-2-12-28-22(27)24-10-8-16(9-11-24)20-23-19(15-30-20)21(26)25-13-18(14-25)29-17-6-4-3-5-7-17/h1,3-7,15-16,18H,8-14H2. The predicted octanol–water partition coefficient (Wildman–Crippen LogP) is 3.00. The number of hydrogen-bond donors (Lipinski definition) is 0. The summed E-state index contributed by atoms with van der Waals surface area (Å²) < 4.78 is 10.8. The van der Waals surface area contributed by atoms with Crippen molar-refractivity contribution in [3.8, 4) is 18.1 Å². The zero-order chi connectivity index (χ0) is 20.9. The topological polar surface area (TPSA) is 72.0 Å². The van der Waals surface area contributed by atoms with E-state index in [0.717, 1.165) is 23.6 Å². The number of rotatable bonds is 5. The molecule has 0 spiro atoms. The van der Waals surface area contributed by atoms with Crippen LogP contribution in [0.5, 0.6) is 5.75 Å². The third kappa shape index (κ3) is 4.57. The summed E-state index contributed by atoms with van der Waals surface area (Å²) in [6.45, 7) is 2.32. The van der Waals surface area contributed by atoms with Crippen LogP contribution in [0.3, 0.4) is 0 Å². The van der Waals surface area contributed by atoms with Crippen LogP contribution in [0.4, 0.5) is 4.79 Å². The number of carbonyl (C=O) groups is 2. The first kappa shape index (κ1) is 20.2. The van der Waals surface area contributed by atoms with E-state index in [2.05, 4.69) is 10.9 Å². The van der Waals surface area contributed by atoms with Crippen LogP contribution in [0.15, 0.2) is 35.7 Å². The molecular weight excluding hydrogens is 402 g/mol. The quantitative estimate of drug-likeness (QED) is 0.689. The second-order valence-electron chi connectivity index (χ2n) is 7.35. The van der Waals surface area contributed by atoms with Gasteiger partial charge < -0.3 is 19.3 Å². The molecule has 30 heavy (non-hydrogen) atoms. The fraction of sp³-hybridized carbons (Fsp3) is 0.409. The van der Waals surface area contributed by atoms with Crippen LogP contribution in [0, 0.1) is 12.3 Å². The van der Waals surface area contributed by atoms with E-state index in [1.54, 1.807) is 9.80 Å². The molecule has 156 valence electrons. The highest BCUT2D eigenvalue weighted by Crippen LogP contribution is 2.31. The molecule has 0 unspecified atom stereocenters. The Labute approximate surface area is 179 Å². The number of thiazole rings is 1. The molecule has 8 heteroatoms. The van der Waals surface area contributed by atoms with Gasteiger partial charge >= 0.3 is 6.09 Å². The zero-order valence-electron chi connectivity index (χ0n) is 16.5. The predicted molar refractivity (Wildman–Crippen MR) is 113 cm³/mol. The fourth-order valence-corrected chi connectivity index (χ4v) is 4.57. The third-order valence-corrected chi connectivity index (χ3v) is 6.31. The van der Waals surface area contributed by atoms with E-state index in [4.69, 9.17) is 15.9 Å². The Morgan fingerprint density at radius 1 is 1.17 bits per heavy atom. The Balaban J connectivity index is 1.25. The van der Waals surface area contributed by atoms with Crippen molar-refractivity contribution in [2.45, 2.75) is 24.9 Å². The van der Waals surface area contributed by atoms with Crippen LogP contribution in [-0.4, -0.2) is 65.7 Å². The van der Waals surface area contributed by atoms with E-state index in [-0.39, 0.29) is 30.6 Å². The number of ether oxygens (including phenoxy) is 2. The maximum absolute atomic E-state index is 12.7. The van der Waals surface area contributed by atoms with Gasteiger partial charge in [-0.15, -0.1) is 17.8 Å². The second-order valence-corrected chi connectivity index (χ2v) is 8.24. The number of para-hydroxylation sites is 1. The van der Waals surface area contributed by atoms with Crippen molar-refractivity contribution in [2.75, 3.05) is 32.8 Å². The first-order chi connectivity index (χ1) is 14.6. The van der Waals surface area contributed by atoms with Crippen molar-refractivity contribution in [3.63, 3.8) is 0 Å². The Bertz CT molecular complexity index is 925. The smallest absolute Gasteiger partial charge is 0.410 e. The monoisotopic (exact) mass is 425 g/mol. The minimum atomic E-state index is -0.369. The molecular formula is C22H23N3O4S. The summed E-state index contributed by atoms with van der Waals surface area (Å²) in [4.78, 5) is 32.6. The molecule has 2 saturated heterocycles. The summed E-state index contributed by atoms with van der Waals surface area (Å²) >= 11 is 1.51. The maximum atomic E-state index is 12.7. The van der Waals surface area contributed by atoms with Gasteiger partial charge in [-0.2, -0.15) is 0 Å². The number of terminal acetylenes is 1. The minimum absolute atomic E-state index is 0.00946. The average Bonchev–Trinajstić information content (AvgIpc) is 3.25. The van der Waals surface area contributed by atoms with Gasteiger partial charge in [0.25, 0.3) is 5.91 Å². The molecule has 7 nitrogen and oxygen atoms in total. The van der Waals surface area contributed by atoms with Crippen LogP contribution in [0.1, 0.15) is 34.3 Å². The lowest BCUT2D eigenvalue weighted by Gasteiger charge is -2.38. The molecule has 2 amide bonds. The lowest BCUT2D eigenvalue weighted by molar-refractivity contribution is 0.0174. The highest BCUT2D eigenvalue weighted by atomic mass is 32.1. The maximum Gasteiger partial charge on any atom is 0.410 e. The number of benzene rings is 1. The van der Waals surface area contributed by atoms with Crippen LogP contribution < -0.4 is 4.74 Å². The molecule has 0 radical (unpaired) electrons. The Hall–Kier alpha value is -3.05. The normalized spacial score (nSPS) is 17.2. The van der Waals surface area contributed by atoms with Crippen LogP contribution in [-0.2, 0) is 4.74 Å². The van der Waals surface area contributed by atoms with E-state index in [0.29, 0.717) is 31.9 Å². The van der Waals surface area contributed by atoms with Crippen molar-refractivity contribution < 1.29 is 19.1 Å². The van der Waals surface area contributed by atoms with Gasteiger partial charge in [-0.05, 0) is 25.0 Å². The molecule has 2 aromatic rings. The van der Waals surface area contributed by atoms with E-state index in [1.165, 1.54) is 11.3 Å². The van der Waals surface area contributed by atoms with E-state index in [9.17, 15) is 9.59 Å². The molecule has 3 heterocycles. The Morgan fingerprint density at radius 2 is 1.90 bits per heavy atom. The second kappa shape index (κ2) is 9.18. The van der Waals surface area contributed by atoms with Gasteiger partial charge in [-0.3, -0.25) is 4.79 Å². The largest absolute Gasteiger partial charge is 0.487 e. The minimum Gasteiger partial charge on any atom is -0.487 e. The number of carbonyl (C=O) groups excluding carboxylic acids is 2. The fourth-order valence-electron chi connectivity index (χ4n) is 3.61. The van der Waals surface area contributed by atoms with Gasteiger partial charge in [0.15, 0.2) is 6.61 Å². The van der Waals surface area contributed by atoms with Gasteiger partial charge in [-0.25, -0.2) is 9.78 Å². The zero-order valence-corrected chi connectivity index (χ0v) is 17.3. The first-order valence-electron chi connectivity index (χ1n) is 9.95. The highest BCUT2D eigenvalue weighted by Gasteiger charge is 2.34. The summed E-state index contributed by atoms with van der Waals surface area (Å²) in [5.41, 5.74) is 0.490. The van der Waals surface area contributed by atoms with Gasteiger partial charge in [-0.1, -0.05) is 24.1 Å². The molecule has 0 saturated carbocycles. The molecule has 0 aliphatic carbocycles. The number of amides is 2. The average molecular weight is 426 g/mol. The molecule has 2 aliphatic heterocycles. The van der Waals surface area contributed by atoms with E-state index in [1.807, 2.05) is 35.7 Å². The molecule has 0 atom stereocenters. The van der Waals surface area contributed by atoms with Crippen LogP contribution in [0.25, 0.3) is 0 Å². The van der Waals surface area contributed by atoms with Gasteiger partial charge in [0.2, 0.25) is 0 Å². The van der Waals surface area contributed by atoms with Crippen LogP contribution in [0.2, 0.25) is 0 Å². The SMILES string of the molecule is C#CCOC(=O)N1CCC(c2nc(C(=O)N3CC(Oc4ccccc4)C3)cs2)CC1. The number of aromatic nitrogens is 1. The lowest BCUT2D eigenvalue weighted by Crippen LogP contribution is -2.56. The molecule has 2 aliphatic rings. The van der Waals surface area contributed by atoms with Crippen molar-refractivity contribution in [3.05, 3.63) is 46.4 Å². The Kier molecular flexibility index (Phi) is 6.19. The molecule has 0 N–H and O–H groups in total. The van der Waals surface area contributed by atoms with Crippen molar-refractivity contribution in [2.24, 2.45) is 0 Å².